The van der Waals surface area contributed by atoms with Crippen LogP contribution in [0.25, 0.3) is 0 Å². The average molecular weight is 276 g/mol. The lowest BCUT2D eigenvalue weighted by atomic mass is 10.1. The van der Waals surface area contributed by atoms with Crippen molar-refractivity contribution in [2.75, 3.05) is 0 Å². The quantitative estimate of drug-likeness (QED) is 0.905. The van der Waals surface area contributed by atoms with Crippen LogP contribution in [0, 0.1) is 13.8 Å². The van der Waals surface area contributed by atoms with Gasteiger partial charge < -0.3 is 10.3 Å². The molecular weight excluding hydrogens is 260 g/mol. The summed E-state index contributed by atoms with van der Waals surface area (Å²) < 4.78 is 0. The molecule has 0 bridgehead atoms. The molecule has 0 aliphatic carbocycles. The third-order valence-corrected chi connectivity index (χ3v) is 3.92. The average Bonchev–Trinajstić information content (AvgIpc) is 2.69. The highest BCUT2D eigenvalue weighted by Gasteiger charge is 2.14. The third kappa shape index (κ3) is 3.12. The van der Waals surface area contributed by atoms with E-state index >= 15 is 0 Å². The molecular formula is C14H16N2O2S. The van der Waals surface area contributed by atoms with Crippen molar-refractivity contribution in [3.63, 3.8) is 0 Å². The van der Waals surface area contributed by atoms with Gasteiger partial charge in [-0.2, -0.15) is 0 Å². The number of H-pyrrole nitrogens is 1. The van der Waals surface area contributed by atoms with E-state index in [0.717, 1.165) is 5.56 Å². The maximum atomic E-state index is 12.0. The van der Waals surface area contributed by atoms with Gasteiger partial charge in [0.1, 0.15) is 0 Å². The highest BCUT2D eigenvalue weighted by Crippen LogP contribution is 2.26. The Bertz CT molecular complexity index is 637. The second kappa shape index (κ2) is 5.40. The Kier molecular flexibility index (Phi) is 3.85. The number of hydrogen-bond donors (Lipinski definition) is 2. The van der Waals surface area contributed by atoms with Crippen LogP contribution in [0.3, 0.4) is 0 Å². The van der Waals surface area contributed by atoms with Gasteiger partial charge in [-0.05, 0) is 38.5 Å². The second-order valence-electron chi connectivity index (χ2n) is 4.51. The van der Waals surface area contributed by atoms with Gasteiger partial charge >= 0.3 is 0 Å². The first kappa shape index (κ1) is 13.5. The number of thiophene rings is 1. The normalized spacial score (nSPS) is 12.2. The van der Waals surface area contributed by atoms with Crippen molar-refractivity contribution >= 4 is 17.2 Å². The van der Waals surface area contributed by atoms with E-state index in [2.05, 4.69) is 30.2 Å². The molecule has 0 radical (unpaired) electrons. The van der Waals surface area contributed by atoms with Gasteiger partial charge in [-0.1, -0.05) is 0 Å². The maximum Gasteiger partial charge on any atom is 0.253 e. The van der Waals surface area contributed by atoms with Crippen molar-refractivity contribution in [3.8, 4) is 0 Å². The van der Waals surface area contributed by atoms with Gasteiger partial charge in [0.05, 0.1) is 11.6 Å². The summed E-state index contributed by atoms with van der Waals surface area (Å²) in [5.74, 6) is -0.188. The van der Waals surface area contributed by atoms with Gasteiger partial charge in [-0.15, -0.1) is 11.3 Å². The summed E-state index contributed by atoms with van der Waals surface area (Å²) in [6.45, 7) is 6.06. The largest absolute Gasteiger partial charge is 0.345 e. The summed E-state index contributed by atoms with van der Waals surface area (Å²) >= 11 is 1.72. The van der Waals surface area contributed by atoms with Crippen LogP contribution in [0.15, 0.2) is 29.2 Å². The van der Waals surface area contributed by atoms with E-state index in [1.165, 1.54) is 28.1 Å². The minimum atomic E-state index is -0.214. The van der Waals surface area contributed by atoms with Gasteiger partial charge in [0, 0.05) is 22.0 Å². The van der Waals surface area contributed by atoms with Crippen LogP contribution >= 0.6 is 11.3 Å². The third-order valence-electron chi connectivity index (χ3n) is 2.94. The maximum absolute atomic E-state index is 12.0. The Hall–Kier alpha value is -1.88. The summed E-state index contributed by atoms with van der Waals surface area (Å²) in [7, 11) is 0. The number of hydrogen-bond acceptors (Lipinski definition) is 3. The lowest BCUT2D eigenvalue weighted by molar-refractivity contribution is 0.0939. The Balaban J connectivity index is 2.12. The number of carbonyl (C=O) groups is 1. The number of carbonyl (C=O) groups excluding carboxylic acids is 1. The van der Waals surface area contributed by atoms with Crippen molar-refractivity contribution in [3.05, 3.63) is 55.6 Å². The van der Waals surface area contributed by atoms with Crippen molar-refractivity contribution in [2.45, 2.75) is 26.8 Å². The zero-order chi connectivity index (χ0) is 14.0. The lowest BCUT2D eigenvalue weighted by Gasteiger charge is -2.13. The van der Waals surface area contributed by atoms with E-state index in [1.54, 1.807) is 11.3 Å². The van der Waals surface area contributed by atoms with E-state index < -0.39 is 0 Å². The SMILES string of the molecule is Cc1cc(C(C)NC(=O)c2ccc(=O)[nH]c2)c(C)s1. The Labute approximate surface area is 115 Å². The minimum Gasteiger partial charge on any atom is -0.345 e. The molecule has 19 heavy (non-hydrogen) atoms. The zero-order valence-electron chi connectivity index (χ0n) is 11.1. The Morgan fingerprint density at radius 1 is 1.37 bits per heavy atom. The first-order chi connectivity index (χ1) is 8.97. The van der Waals surface area contributed by atoms with Crippen LogP contribution in [0.5, 0.6) is 0 Å². The Morgan fingerprint density at radius 3 is 2.63 bits per heavy atom. The molecule has 100 valence electrons. The summed E-state index contributed by atoms with van der Waals surface area (Å²) in [4.78, 5) is 27.9. The van der Waals surface area contributed by atoms with Gasteiger partial charge in [0.2, 0.25) is 5.56 Å². The van der Waals surface area contributed by atoms with Crippen molar-refractivity contribution < 1.29 is 4.79 Å². The predicted octanol–water partition coefficient (Wildman–Crippen LogP) is 2.54. The summed E-state index contributed by atoms with van der Waals surface area (Å²) in [5.41, 5.74) is 1.38. The molecule has 0 aliphatic rings. The number of pyridine rings is 1. The van der Waals surface area contributed by atoms with E-state index in [0.29, 0.717) is 5.56 Å². The second-order valence-corrected chi connectivity index (χ2v) is 5.97. The molecule has 0 aliphatic heterocycles. The van der Waals surface area contributed by atoms with Crippen LogP contribution in [0.1, 0.15) is 38.6 Å². The number of amides is 1. The molecule has 0 fully saturated rings. The lowest BCUT2D eigenvalue weighted by Crippen LogP contribution is -2.27. The molecule has 4 nitrogen and oxygen atoms in total. The number of aromatic nitrogens is 1. The zero-order valence-corrected chi connectivity index (χ0v) is 11.9. The monoisotopic (exact) mass is 276 g/mol. The van der Waals surface area contributed by atoms with Crippen LogP contribution in [-0.2, 0) is 0 Å². The van der Waals surface area contributed by atoms with E-state index in [-0.39, 0.29) is 17.5 Å². The van der Waals surface area contributed by atoms with Gasteiger partial charge in [0.25, 0.3) is 5.91 Å². The molecule has 5 heteroatoms. The number of rotatable bonds is 3. The van der Waals surface area contributed by atoms with E-state index in [1.807, 2.05) is 6.92 Å². The first-order valence-electron chi connectivity index (χ1n) is 6.04. The predicted molar refractivity (Wildman–Crippen MR) is 76.7 cm³/mol. The van der Waals surface area contributed by atoms with Gasteiger partial charge in [-0.25, -0.2) is 0 Å². The van der Waals surface area contributed by atoms with Crippen LogP contribution in [0.4, 0.5) is 0 Å². The molecule has 2 N–H and O–H groups in total. The van der Waals surface area contributed by atoms with Gasteiger partial charge in [-0.3, -0.25) is 9.59 Å². The molecule has 2 heterocycles. The molecule has 1 amide bonds. The number of nitrogens with one attached hydrogen (secondary N) is 2. The number of aromatic amines is 1. The molecule has 1 atom stereocenters. The van der Waals surface area contributed by atoms with Gasteiger partial charge in [0.15, 0.2) is 0 Å². The molecule has 2 rings (SSSR count). The Morgan fingerprint density at radius 2 is 2.11 bits per heavy atom. The highest BCUT2D eigenvalue weighted by molar-refractivity contribution is 7.12. The fraction of sp³-hybridized carbons (Fsp3) is 0.286. The van der Waals surface area contributed by atoms with E-state index in [9.17, 15) is 9.59 Å². The topological polar surface area (TPSA) is 62.0 Å². The molecule has 0 saturated carbocycles. The van der Waals surface area contributed by atoms with Crippen molar-refractivity contribution in [1.29, 1.82) is 0 Å². The molecule has 1 unspecified atom stereocenters. The van der Waals surface area contributed by atoms with E-state index in [4.69, 9.17) is 0 Å². The first-order valence-corrected chi connectivity index (χ1v) is 6.85. The fourth-order valence-corrected chi connectivity index (χ4v) is 3.01. The molecule has 2 aromatic rings. The van der Waals surface area contributed by atoms with Crippen LogP contribution < -0.4 is 10.9 Å². The summed E-state index contributed by atoms with van der Waals surface area (Å²) in [6, 6.07) is 4.91. The summed E-state index contributed by atoms with van der Waals surface area (Å²) in [6.07, 6.45) is 1.43. The smallest absolute Gasteiger partial charge is 0.253 e. The summed E-state index contributed by atoms with van der Waals surface area (Å²) in [5, 5.41) is 2.93. The van der Waals surface area contributed by atoms with Crippen LogP contribution in [0.2, 0.25) is 0 Å². The fourth-order valence-electron chi connectivity index (χ4n) is 1.99. The van der Waals surface area contributed by atoms with Crippen molar-refractivity contribution in [2.24, 2.45) is 0 Å². The standard InChI is InChI=1S/C14H16N2O2S/c1-8-6-12(10(3)19-8)9(2)16-14(18)11-4-5-13(17)15-7-11/h4-7,9H,1-3H3,(H,15,17)(H,16,18). The highest BCUT2D eigenvalue weighted by atomic mass is 32.1. The van der Waals surface area contributed by atoms with Crippen LogP contribution in [-0.4, -0.2) is 10.9 Å². The molecule has 0 aromatic carbocycles. The van der Waals surface area contributed by atoms with Crippen molar-refractivity contribution in [1.82, 2.24) is 10.3 Å². The number of aryl methyl sites for hydroxylation is 2. The molecule has 0 spiro atoms. The molecule has 0 saturated heterocycles. The molecule has 2 aromatic heterocycles. The minimum absolute atomic E-state index is 0.0515.